The van der Waals surface area contributed by atoms with Crippen LogP contribution in [-0.4, -0.2) is 26.8 Å². The first kappa shape index (κ1) is 12.8. The first-order valence-electron chi connectivity index (χ1n) is 5.63. The molecule has 0 aromatic heterocycles. The Kier molecular flexibility index (Phi) is 5.12. The lowest BCUT2D eigenvalue weighted by atomic mass is 10.2. The van der Waals surface area contributed by atoms with Crippen molar-refractivity contribution in [1.82, 2.24) is 5.32 Å². The zero-order chi connectivity index (χ0) is 12.0. The van der Waals surface area contributed by atoms with Gasteiger partial charge in [-0.25, -0.2) is 0 Å². The van der Waals surface area contributed by atoms with E-state index in [2.05, 4.69) is 12.2 Å². The summed E-state index contributed by atoms with van der Waals surface area (Å²) in [6, 6.07) is 5.98. The summed E-state index contributed by atoms with van der Waals surface area (Å²) in [4.78, 5) is 0. The van der Waals surface area contributed by atoms with E-state index in [9.17, 15) is 0 Å². The molecule has 16 heavy (non-hydrogen) atoms. The second-order valence-electron chi connectivity index (χ2n) is 3.98. The van der Waals surface area contributed by atoms with E-state index in [1.165, 1.54) is 5.56 Å². The quantitative estimate of drug-likeness (QED) is 0.803. The highest BCUT2D eigenvalue weighted by molar-refractivity contribution is 5.42. The number of ether oxygens (including phenoxy) is 2. The smallest absolute Gasteiger partial charge is 0.161 e. The maximum atomic E-state index is 5.83. The summed E-state index contributed by atoms with van der Waals surface area (Å²) in [5.74, 6) is 1.62. The average Bonchev–Trinajstić information content (AvgIpc) is 2.28. The summed E-state index contributed by atoms with van der Waals surface area (Å²) < 4.78 is 11.1. The van der Waals surface area contributed by atoms with E-state index < -0.39 is 0 Å². The molecule has 0 aliphatic heterocycles. The molecule has 0 fully saturated rings. The third-order valence-electron chi connectivity index (χ3n) is 2.45. The van der Waals surface area contributed by atoms with E-state index in [1.807, 2.05) is 32.2 Å². The van der Waals surface area contributed by atoms with Gasteiger partial charge in [-0.1, -0.05) is 6.07 Å². The standard InChI is InChI=1S/C13H21NO2/c1-10-5-6-12(13(9-10)15-4)16-11(2)7-8-14-3/h5-6,9,11,14H,7-8H2,1-4H3. The molecule has 3 heteroatoms. The van der Waals surface area contributed by atoms with Crippen LogP contribution < -0.4 is 14.8 Å². The minimum atomic E-state index is 0.184. The Hall–Kier alpha value is -1.22. The lowest BCUT2D eigenvalue weighted by Crippen LogP contribution is -2.19. The molecule has 0 spiro atoms. The largest absolute Gasteiger partial charge is 0.493 e. The van der Waals surface area contributed by atoms with Gasteiger partial charge in [0.2, 0.25) is 0 Å². The van der Waals surface area contributed by atoms with Crippen LogP contribution >= 0.6 is 0 Å². The van der Waals surface area contributed by atoms with Crippen molar-refractivity contribution in [1.29, 1.82) is 0 Å². The number of benzene rings is 1. The lowest BCUT2D eigenvalue weighted by Gasteiger charge is -2.17. The number of nitrogens with one attached hydrogen (secondary N) is 1. The molecule has 0 radical (unpaired) electrons. The van der Waals surface area contributed by atoms with Crippen molar-refractivity contribution in [3.63, 3.8) is 0 Å². The Morgan fingerprint density at radius 3 is 2.69 bits per heavy atom. The Balaban J connectivity index is 2.65. The number of hydrogen-bond donors (Lipinski definition) is 1. The van der Waals surface area contributed by atoms with Crippen LogP contribution in [0.25, 0.3) is 0 Å². The zero-order valence-corrected chi connectivity index (χ0v) is 10.5. The van der Waals surface area contributed by atoms with Gasteiger partial charge in [0.15, 0.2) is 11.5 Å². The summed E-state index contributed by atoms with van der Waals surface area (Å²) >= 11 is 0. The normalized spacial score (nSPS) is 12.2. The number of aryl methyl sites for hydroxylation is 1. The van der Waals surface area contributed by atoms with Crippen molar-refractivity contribution in [2.24, 2.45) is 0 Å². The monoisotopic (exact) mass is 223 g/mol. The van der Waals surface area contributed by atoms with E-state index in [-0.39, 0.29) is 6.10 Å². The molecular formula is C13H21NO2. The fraction of sp³-hybridized carbons (Fsp3) is 0.538. The Morgan fingerprint density at radius 1 is 1.31 bits per heavy atom. The summed E-state index contributed by atoms with van der Waals surface area (Å²) in [6.45, 7) is 5.06. The minimum absolute atomic E-state index is 0.184. The van der Waals surface area contributed by atoms with E-state index >= 15 is 0 Å². The second-order valence-corrected chi connectivity index (χ2v) is 3.98. The van der Waals surface area contributed by atoms with Gasteiger partial charge >= 0.3 is 0 Å². The maximum absolute atomic E-state index is 5.83. The molecule has 90 valence electrons. The van der Waals surface area contributed by atoms with Gasteiger partial charge in [-0.05, 0) is 51.6 Å². The predicted molar refractivity (Wildman–Crippen MR) is 66.4 cm³/mol. The van der Waals surface area contributed by atoms with Gasteiger partial charge < -0.3 is 14.8 Å². The molecule has 1 rings (SSSR count). The van der Waals surface area contributed by atoms with Gasteiger partial charge in [-0.15, -0.1) is 0 Å². The molecule has 0 aliphatic rings. The average molecular weight is 223 g/mol. The molecule has 1 N–H and O–H groups in total. The van der Waals surface area contributed by atoms with Crippen molar-refractivity contribution >= 4 is 0 Å². The highest BCUT2D eigenvalue weighted by atomic mass is 16.5. The minimum Gasteiger partial charge on any atom is -0.493 e. The van der Waals surface area contributed by atoms with Gasteiger partial charge in [-0.2, -0.15) is 0 Å². The lowest BCUT2D eigenvalue weighted by molar-refractivity contribution is 0.202. The van der Waals surface area contributed by atoms with Gasteiger partial charge in [0, 0.05) is 0 Å². The molecule has 1 aromatic carbocycles. The number of hydrogen-bond acceptors (Lipinski definition) is 3. The molecule has 1 atom stereocenters. The molecule has 1 unspecified atom stereocenters. The Morgan fingerprint density at radius 2 is 2.06 bits per heavy atom. The summed E-state index contributed by atoms with van der Waals surface area (Å²) in [7, 11) is 3.61. The van der Waals surface area contributed by atoms with Crippen LogP contribution in [-0.2, 0) is 0 Å². The number of rotatable bonds is 6. The van der Waals surface area contributed by atoms with Crippen LogP contribution in [0.5, 0.6) is 11.5 Å². The molecule has 0 aliphatic carbocycles. The first-order valence-corrected chi connectivity index (χ1v) is 5.63. The molecule has 0 saturated carbocycles. The zero-order valence-electron chi connectivity index (χ0n) is 10.5. The van der Waals surface area contributed by atoms with E-state index in [1.54, 1.807) is 7.11 Å². The third kappa shape index (κ3) is 3.74. The highest BCUT2D eigenvalue weighted by Gasteiger charge is 2.08. The van der Waals surface area contributed by atoms with Crippen molar-refractivity contribution in [3.8, 4) is 11.5 Å². The van der Waals surface area contributed by atoms with Crippen molar-refractivity contribution in [2.45, 2.75) is 26.4 Å². The van der Waals surface area contributed by atoms with Gasteiger partial charge in [0.05, 0.1) is 13.2 Å². The van der Waals surface area contributed by atoms with E-state index in [0.29, 0.717) is 0 Å². The van der Waals surface area contributed by atoms with Crippen LogP contribution in [0.1, 0.15) is 18.9 Å². The van der Waals surface area contributed by atoms with Crippen LogP contribution in [0.2, 0.25) is 0 Å². The van der Waals surface area contributed by atoms with Crippen LogP contribution in [0, 0.1) is 6.92 Å². The molecule has 1 aromatic rings. The molecule has 0 bridgehead atoms. The van der Waals surface area contributed by atoms with Crippen LogP contribution in [0.15, 0.2) is 18.2 Å². The summed E-state index contributed by atoms with van der Waals surface area (Å²) in [5.41, 5.74) is 1.17. The van der Waals surface area contributed by atoms with Gasteiger partial charge in [0.25, 0.3) is 0 Å². The van der Waals surface area contributed by atoms with Crippen LogP contribution in [0.4, 0.5) is 0 Å². The van der Waals surface area contributed by atoms with Crippen molar-refractivity contribution < 1.29 is 9.47 Å². The fourth-order valence-electron chi connectivity index (χ4n) is 1.50. The molecular weight excluding hydrogens is 202 g/mol. The SMILES string of the molecule is CNCCC(C)Oc1ccc(C)cc1OC. The van der Waals surface area contributed by atoms with Gasteiger partial charge in [-0.3, -0.25) is 0 Å². The molecule has 0 amide bonds. The molecule has 0 saturated heterocycles. The van der Waals surface area contributed by atoms with Crippen molar-refractivity contribution in [2.75, 3.05) is 20.7 Å². The maximum Gasteiger partial charge on any atom is 0.161 e. The van der Waals surface area contributed by atoms with Crippen LogP contribution in [0.3, 0.4) is 0 Å². The Labute approximate surface area is 97.8 Å². The highest BCUT2D eigenvalue weighted by Crippen LogP contribution is 2.28. The molecule has 0 heterocycles. The first-order chi connectivity index (χ1) is 7.67. The van der Waals surface area contributed by atoms with E-state index in [0.717, 1.165) is 24.5 Å². The topological polar surface area (TPSA) is 30.5 Å². The fourth-order valence-corrected chi connectivity index (χ4v) is 1.50. The van der Waals surface area contributed by atoms with E-state index in [4.69, 9.17) is 9.47 Å². The van der Waals surface area contributed by atoms with Crippen molar-refractivity contribution in [3.05, 3.63) is 23.8 Å². The summed E-state index contributed by atoms with van der Waals surface area (Å²) in [6.07, 6.45) is 1.16. The Bertz CT molecular complexity index is 326. The third-order valence-corrected chi connectivity index (χ3v) is 2.45. The number of methoxy groups -OCH3 is 1. The van der Waals surface area contributed by atoms with Gasteiger partial charge in [0.1, 0.15) is 0 Å². The second kappa shape index (κ2) is 6.38. The molecule has 3 nitrogen and oxygen atoms in total. The summed E-state index contributed by atoms with van der Waals surface area (Å²) in [5, 5.41) is 3.11. The predicted octanol–water partition coefficient (Wildman–Crippen LogP) is 2.38.